The molecule has 0 unspecified atom stereocenters. The average molecular weight is 415 g/mol. The maximum Gasteiger partial charge on any atom is 0.287 e. The van der Waals surface area contributed by atoms with Crippen LogP contribution in [-0.4, -0.2) is 15.7 Å². The Morgan fingerprint density at radius 2 is 1.92 bits per heavy atom. The topological polar surface area (TPSA) is 77.0 Å². The molecule has 26 heavy (non-hydrogen) atoms. The Morgan fingerprint density at radius 1 is 1.15 bits per heavy atom. The normalized spacial score (nSPS) is 10.0. The summed E-state index contributed by atoms with van der Waals surface area (Å²) in [5.74, 6) is -0.209. The SMILES string of the molecule is Br.Cc1ccccc1-c1cc[n+](CC(=O)c2cccc([N+](=O)[O-])c2)cn1. The molecular weight excluding hydrogens is 398 g/mol. The third-order valence-electron chi connectivity index (χ3n) is 3.90. The van der Waals surface area contributed by atoms with Crippen LogP contribution in [0.1, 0.15) is 15.9 Å². The van der Waals surface area contributed by atoms with Crippen LogP contribution in [0.3, 0.4) is 0 Å². The van der Waals surface area contributed by atoms with E-state index in [1.807, 2.05) is 37.3 Å². The first kappa shape index (κ1) is 19.4. The van der Waals surface area contributed by atoms with E-state index >= 15 is 0 Å². The van der Waals surface area contributed by atoms with Crippen LogP contribution in [0.25, 0.3) is 11.3 Å². The minimum Gasteiger partial charge on any atom is -0.290 e. The highest BCUT2D eigenvalue weighted by Crippen LogP contribution is 2.19. The first-order valence-corrected chi connectivity index (χ1v) is 7.73. The van der Waals surface area contributed by atoms with Crippen LogP contribution < -0.4 is 4.57 Å². The predicted octanol–water partition coefficient (Wildman–Crippen LogP) is 3.71. The fourth-order valence-corrected chi connectivity index (χ4v) is 2.55. The van der Waals surface area contributed by atoms with Crippen LogP contribution in [0.5, 0.6) is 0 Å². The van der Waals surface area contributed by atoms with Crippen LogP contribution in [0.2, 0.25) is 0 Å². The van der Waals surface area contributed by atoms with Crippen LogP contribution >= 0.6 is 17.0 Å². The summed E-state index contributed by atoms with van der Waals surface area (Å²) in [6.07, 6.45) is 3.38. The minimum absolute atomic E-state index is 0. The lowest BCUT2D eigenvalue weighted by Crippen LogP contribution is -2.37. The predicted molar refractivity (Wildman–Crippen MR) is 102 cm³/mol. The van der Waals surface area contributed by atoms with Gasteiger partial charge in [-0.1, -0.05) is 36.4 Å². The molecule has 6 nitrogen and oxygen atoms in total. The number of hydrogen-bond donors (Lipinski definition) is 0. The molecule has 0 saturated carbocycles. The molecule has 0 aliphatic rings. The van der Waals surface area contributed by atoms with Gasteiger partial charge in [0.2, 0.25) is 5.78 Å². The number of rotatable bonds is 5. The molecule has 0 atom stereocenters. The number of halogens is 1. The van der Waals surface area contributed by atoms with Gasteiger partial charge in [0.05, 0.1) is 11.1 Å². The molecule has 3 rings (SSSR count). The molecular formula is C19H17BrN3O3+. The molecule has 1 aromatic heterocycles. The van der Waals surface area contributed by atoms with Crippen molar-refractivity contribution >= 4 is 28.5 Å². The van der Waals surface area contributed by atoms with E-state index in [4.69, 9.17) is 0 Å². The van der Waals surface area contributed by atoms with Gasteiger partial charge in [-0.25, -0.2) is 4.57 Å². The third-order valence-corrected chi connectivity index (χ3v) is 3.90. The average Bonchev–Trinajstić information content (AvgIpc) is 2.63. The van der Waals surface area contributed by atoms with Gasteiger partial charge in [-0.05, 0) is 17.5 Å². The number of benzene rings is 2. The van der Waals surface area contributed by atoms with Crippen LogP contribution in [0.15, 0.2) is 67.1 Å². The summed E-state index contributed by atoms with van der Waals surface area (Å²) < 4.78 is 1.66. The number of aryl methyl sites for hydroxylation is 1. The summed E-state index contributed by atoms with van der Waals surface area (Å²) in [4.78, 5) is 27.0. The zero-order valence-electron chi connectivity index (χ0n) is 14.0. The van der Waals surface area contributed by atoms with E-state index in [0.29, 0.717) is 5.56 Å². The van der Waals surface area contributed by atoms with Crippen molar-refractivity contribution in [2.24, 2.45) is 0 Å². The van der Waals surface area contributed by atoms with Crippen molar-refractivity contribution in [3.8, 4) is 11.3 Å². The molecule has 0 bridgehead atoms. The molecule has 1 heterocycles. The minimum atomic E-state index is -0.511. The highest BCUT2D eigenvalue weighted by atomic mass is 79.9. The van der Waals surface area contributed by atoms with Crippen molar-refractivity contribution in [2.45, 2.75) is 13.5 Å². The zero-order chi connectivity index (χ0) is 17.8. The monoisotopic (exact) mass is 414 g/mol. The molecule has 132 valence electrons. The first-order chi connectivity index (χ1) is 12.0. The fourth-order valence-electron chi connectivity index (χ4n) is 2.55. The smallest absolute Gasteiger partial charge is 0.287 e. The Balaban J connectivity index is 0.00000243. The Kier molecular flexibility index (Phi) is 6.30. The zero-order valence-corrected chi connectivity index (χ0v) is 15.7. The first-order valence-electron chi connectivity index (χ1n) is 7.73. The molecule has 0 saturated heterocycles. The number of non-ortho nitro benzene ring substituents is 1. The highest BCUT2D eigenvalue weighted by Gasteiger charge is 2.15. The van der Waals surface area contributed by atoms with Crippen molar-refractivity contribution < 1.29 is 14.3 Å². The molecule has 2 aromatic carbocycles. The molecule has 0 aliphatic heterocycles. The Morgan fingerprint density at radius 3 is 2.58 bits per heavy atom. The largest absolute Gasteiger partial charge is 0.290 e. The van der Waals surface area contributed by atoms with E-state index < -0.39 is 4.92 Å². The van der Waals surface area contributed by atoms with Gasteiger partial charge in [0.25, 0.3) is 12.0 Å². The van der Waals surface area contributed by atoms with Gasteiger partial charge in [0, 0.05) is 29.3 Å². The molecule has 3 aromatic rings. The van der Waals surface area contributed by atoms with Crippen molar-refractivity contribution in [3.63, 3.8) is 0 Å². The fraction of sp³-hybridized carbons (Fsp3) is 0.105. The summed E-state index contributed by atoms with van der Waals surface area (Å²) in [6.45, 7) is 2.09. The van der Waals surface area contributed by atoms with Gasteiger partial charge in [-0.15, -0.1) is 17.0 Å². The number of carbonyl (C=O) groups is 1. The lowest BCUT2D eigenvalue weighted by Gasteiger charge is -2.02. The Hall–Kier alpha value is -2.93. The second kappa shape index (κ2) is 8.44. The number of aromatic nitrogens is 2. The molecule has 0 aliphatic carbocycles. The molecule has 0 radical (unpaired) electrons. The molecule has 0 amide bonds. The molecule has 0 fully saturated rings. The van der Waals surface area contributed by atoms with Gasteiger partial charge in [-0.3, -0.25) is 14.9 Å². The number of nitro groups is 1. The van der Waals surface area contributed by atoms with E-state index in [9.17, 15) is 14.9 Å². The maximum atomic E-state index is 12.3. The van der Waals surface area contributed by atoms with Gasteiger partial charge in [0.1, 0.15) is 0 Å². The van der Waals surface area contributed by atoms with Crippen molar-refractivity contribution in [3.05, 3.63) is 88.4 Å². The molecule has 0 spiro atoms. The number of Topliss-reactive ketones (excluding diaryl/α,β-unsaturated/α-hetero) is 1. The van der Waals surface area contributed by atoms with E-state index in [0.717, 1.165) is 16.8 Å². The van der Waals surface area contributed by atoms with Gasteiger partial charge in [0.15, 0.2) is 12.2 Å². The van der Waals surface area contributed by atoms with Crippen molar-refractivity contribution in [2.75, 3.05) is 0 Å². The van der Waals surface area contributed by atoms with Crippen molar-refractivity contribution in [1.82, 2.24) is 4.98 Å². The van der Waals surface area contributed by atoms with Gasteiger partial charge in [-0.2, -0.15) is 0 Å². The van der Waals surface area contributed by atoms with E-state index in [1.165, 1.54) is 18.2 Å². The summed E-state index contributed by atoms with van der Waals surface area (Å²) in [7, 11) is 0. The van der Waals surface area contributed by atoms with Gasteiger partial charge < -0.3 is 0 Å². The van der Waals surface area contributed by atoms with Crippen molar-refractivity contribution in [1.29, 1.82) is 0 Å². The lowest BCUT2D eigenvalue weighted by molar-refractivity contribution is -0.686. The van der Waals surface area contributed by atoms with Crippen LogP contribution in [0, 0.1) is 17.0 Å². The lowest BCUT2D eigenvalue weighted by atomic mass is 10.1. The van der Waals surface area contributed by atoms with E-state index in [1.54, 1.807) is 23.2 Å². The third kappa shape index (κ3) is 4.37. The quantitative estimate of drug-likeness (QED) is 0.276. The summed E-state index contributed by atoms with van der Waals surface area (Å²) >= 11 is 0. The summed E-state index contributed by atoms with van der Waals surface area (Å²) in [6, 6.07) is 15.5. The van der Waals surface area contributed by atoms with Crippen LogP contribution in [0.4, 0.5) is 5.69 Å². The second-order valence-corrected chi connectivity index (χ2v) is 5.66. The number of ketones is 1. The highest BCUT2D eigenvalue weighted by molar-refractivity contribution is 8.93. The molecule has 0 N–H and O–H groups in total. The van der Waals surface area contributed by atoms with E-state index in [-0.39, 0.29) is 35.0 Å². The van der Waals surface area contributed by atoms with E-state index in [2.05, 4.69) is 4.98 Å². The summed E-state index contributed by atoms with van der Waals surface area (Å²) in [5.41, 5.74) is 3.21. The molecule has 7 heteroatoms. The number of nitro benzene ring substituents is 1. The second-order valence-electron chi connectivity index (χ2n) is 5.66. The maximum absolute atomic E-state index is 12.3. The summed E-state index contributed by atoms with van der Waals surface area (Å²) in [5, 5.41) is 10.8. The standard InChI is InChI=1S/C19H16N3O3.BrH/c1-14-5-2-3-8-17(14)18-9-10-21(13-20-18)12-19(23)15-6-4-7-16(11-15)22(24)25;/h2-11,13H,12H2,1H3;1H/q+1;. The van der Waals surface area contributed by atoms with Gasteiger partial charge >= 0.3 is 0 Å². The Labute approximate surface area is 161 Å². The Bertz CT molecular complexity index is 943. The number of hydrogen-bond acceptors (Lipinski definition) is 4. The van der Waals surface area contributed by atoms with Crippen LogP contribution in [-0.2, 0) is 6.54 Å². The number of carbonyl (C=O) groups excluding carboxylic acids is 1. The number of nitrogens with zero attached hydrogens (tertiary/aromatic N) is 3.